The smallest absolute Gasteiger partial charge is 0.341 e. The van der Waals surface area contributed by atoms with Crippen molar-refractivity contribution < 1.29 is 4.79 Å². The fraction of sp³-hybridized carbons (Fsp3) is 0.467. The molecule has 1 atom stereocenters. The first-order valence-electron chi connectivity index (χ1n) is 7.30. The van der Waals surface area contributed by atoms with E-state index < -0.39 is 5.69 Å². The number of nitrogens with zero attached hydrogens (tertiary/aromatic N) is 2. The second kappa shape index (κ2) is 7.31. The summed E-state index contributed by atoms with van der Waals surface area (Å²) in [4.78, 5) is 34.6. The second-order valence-corrected chi connectivity index (χ2v) is 6.43. The van der Waals surface area contributed by atoms with Crippen molar-refractivity contribution >= 4 is 17.2 Å². The summed E-state index contributed by atoms with van der Waals surface area (Å²) in [5.74, 6) is 0.0332. The molecule has 1 amide bonds. The Hall–Kier alpha value is -2.02. The van der Waals surface area contributed by atoms with E-state index in [9.17, 15) is 9.59 Å². The molecule has 0 fully saturated rings. The van der Waals surface area contributed by atoms with Gasteiger partial charge in [-0.2, -0.15) is 4.98 Å². The molecule has 2 aromatic rings. The van der Waals surface area contributed by atoms with Gasteiger partial charge >= 0.3 is 5.69 Å². The summed E-state index contributed by atoms with van der Waals surface area (Å²) in [5.41, 5.74) is 0.377. The quantitative estimate of drug-likeness (QED) is 0.855. The molecule has 22 heavy (non-hydrogen) atoms. The average Bonchev–Trinajstić information content (AvgIpc) is 2.97. The Balaban J connectivity index is 2.18. The van der Waals surface area contributed by atoms with Crippen LogP contribution >= 0.6 is 11.3 Å². The zero-order valence-electron chi connectivity index (χ0n) is 12.9. The van der Waals surface area contributed by atoms with Gasteiger partial charge in [0.2, 0.25) is 0 Å². The van der Waals surface area contributed by atoms with E-state index in [0.29, 0.717) is 12.3 Å². The lowest BCUT2D eigenvalue weighted by molar-refractivity contribution is 0.0929. The number of H-pyrrole nitrogens is 1. The molecule has 2 heterocycles. The van der Waals surface area contributed by atoms with E-state index in [0.717, 1.165) is 17.1 Å². The van der Waals surface area contributed by atoms with E-state index in [4.69, 9.17) is 0 Å². The highest BCUT2D eigenvalue weighted by molar-refractivity contribution is 7.09. The number of carbonyl (C=O) groups is 1. The van der Waals surface area contributed by atoms with E-state index in [2.05, 4.69) is 20.3 Å². The van der Waals surface area contributed by atoms with Crippen molar-refractivity contribution in [1.82, 2.24) is 20.3 Å². The van der Waals surface area contributed by atoms with Crippen LogP contribution in [0.3, 0.4) is 0 Å². The van der Waals surface area contributed by atoms with Gasteiger partial charge in [0.1, 0.15) is 10.7 Å². The summed E-state index contributed by atoms with van der Waals surface area (Å²) >= 11 is 1.49. The normalized spacial score (nSPS) is 12.4. The topological polar surface area (TPSA) is 87.7 Å². The van der Waals surface area contributed by atoms with Gasteiger partial charge in [0.25, 0.3) is 5.91 Å². The minimum absolute atomic E-state index is 0.148. The number of nitrogens with one attached hydrogen (secondary N) is 2. The first-order valence-corrected chi connectivity index (χ1v) is 8.18. The summed E-state index contributed by atoms with van der Waals surface area (Å²) in [6.07, 6.45) is 3.13. The molecule has 7 heteroatoms. The first kappa shape index (κ1) is 16.4. The SMILES string of the molecule is CC[C@H](NC(=O)c1cc(CC(C)C)[nH]c(=O)n1)c1nccs1. The maximum atomic E-state index is 12.3. The number of hydrogen-bond donors (Lipinski definition) is 2. The molecule has 0 saturated carbocycles. The lowest BCUT2D eigenvalue weighted by Crippen LogP contribution is -2.31. The van der Waals surface area contributed by atoms with Gasteiger partial charge in [0.05, 0.1) is 6.04 Å². The second-order valence-electron chi connectivity index (χ2n) is 5.50. The summed E-state index contributed by atoms with van der Waals surface area (Å²) < 4.78 is 0. The van der Waals surface area contributed by atoms with E-state index in [1.54, 1.807) is 12.3 Å². The van der Waals surface area contributed by atoms with Gasteiger partial charge in [-0.25, -0.2) is 9.78 Å². The van der Waals surface area contributed by atoms with Crippen LogP contribution in [0.15, 0.2) is 22.4 Å². The number of thiazole rings is 1. The Morgan fingerprint density at radius 3 is 2.82 bits per heavy atom. The number of aromatic nitrogens is 3. The average molecular weight is 320 g/mol. The fourth-order valence-corrected chi connectivity index (χ4v) is 2.92. The molecule has 0 aliphatic rings. The van der Waals surface area contributed by atoms with Gasteiger partial charge in [-0.05, 0) is 24.8 Å². The Labute approximate surface area is 133 Å². The van der Waals surface area contributed by atoms with Gasteiger partial charge in [0.15, 0.2) is 0 Å². The van der Waals surface area contributed by atoms with Crippen molar-refractivity contribution in [2.24, 2.45) is 5.92 Å². The lowest BCUT2D eigenvalue weighted by Gasteiger charge is -2.14. The minimum Gasteiger partial charge on any atom is -0.341 e. The maximum Gasteiger partial charge on any atom is 0.345 e. The molecule has 0 aromatic carbocycles. The third-order valence-corrected chi connectivity index (χ3v) is 4.01. The van der Waals surface area contributed by atoms with Crippen molar-refractivity contribution in [3.05, 3.63) is 44.5 Å². The summed E-state index contributed by atoms with van der Waals surface area (Å²) in [7, 11) is 0. The third-order valence-electron chi connectivity index (χ3n) is 3.12. The number of carbonyl (C=O) groups excluding carboxylic acids is 1. The van der Waals surface area contributed by atoms with Gasteiger partial charge in [-0.15, -0.1) is 11.3 Å². The molecule has 0 saturated heterocycles. The van der Waals surface area contributed by atoms with Crippen molar-refractivity contribution in [2.75, 3.05) is 0 Å². The highest BCUT2D eigenvalue weighted by atomic mass is 32.1. The summed E-state index contributed by atoms with van der Waals surface area (Å²) in [6, 6.07) is 1.48. The molecule has 0 bridgehead atoms. The van der Waals surface area contributed by atoms with E-state index in [1.807, 2.05) is 26.2 Å². The Bertz CT molecular complexity index is 679. The molecule has 0 spiro atoms. The van der Waals surface area contributed by atoms with E-state index in [1.165, 1.54) is 11.3 Å². The predicted molar refractivity (Wildman–Crippen MR) is 86.0 cm³/mol. The van der Waals surface area contributed by atoms with Gasteiger partial charge in [0, 0.05) is 17.3 Å². The summed E-state index contributed by atoms with van der Waals surface area (Å²) in [6.45, 7) is 6.07. The number of amides is 1. The van der Waals surface area contributed by atoms with Gasteiger partial charge in [-0.1, -0.05) is 20.8 Å². The lowest BCUT2D eigenvalue weighted by atomic mass is 10.1. The van der Waals surface area contributed by atoms with Crippen LogP contribution in [-0.2, 0) is 6.42 Å². The highest BCUT2D eigenvalue weighted by Crippen LogP contribution is 2.19. The monoisotopic (exact) mass is 320 g/mol. The molecule has 0 unspecified atom stereocenters. The Morgan fingerprint density at radius 1 is 1.45 bits per heavy atom. The number of aromatic amines is 1. The standard InChI is InChI=1S/C15H20N4O2S/c1-4-11(14-16-5-6-22-14)18-13(20)12-8-10(7-9(2)3)17-15(21)19-12/h5-6,8-9,11H,4,7H2,1-3H3,(H,18,20)(H,17,19,21)/t11-/m0/s1. The summed E-state index contributed by atoms with van der Waals surface area (Å²) in [5, 5.41) is 5.61. The Kier molecular flexibility index (Phi) is 5.43. The van der Waals surface area contributed by atoms with Crippen LogP contribution in [0, 0.1) is 5.92 Å². The minimum atomic E-state index is -0.495. The fourth-order valence-electron chi connectivity index (χ4n) is 2.15. The largest absolute Gasteiger partial charge is 0.345 e. The molecular weight excluding hydrogens is 300 g/mol. The number of rotatable bonds is 6. The van der Waals surface area contributed by atoms with Crippen molar-refractivity contribution in [3.63, 3.8) is 0 Å². The van der Waals surface area contributed by atoms with Crippen LogP contribution in [0.4, 0.5) is 0 Å². The highest BCUT2D eigenvalue weighted by Gasteiger charge is 2.18. The van der Waals surface area contributed by atoms with Crippen LogP contribution in [0.2, 0.25) is 0 Å². The van der Waals surface area contributed by atoms with Gasteiger partial charge < -0.3 is 10.3 Å². The molecule has 118 valence electrons. The van der Waals surface area contributed by atoms with Crippen LogP contribution in [-0.4, -0.2) is 20.9 Å². The van der Waals surface area contributed by atoms with Crippen molar-refractivity contribution in [1.29, 1.82) is 0 Å². The molecule has 2 rings (SSSR count). The van der Waals surface area contributed by atoms with Crippen LogP contribution < -0.4 is 11.0 Å². The third kappa shape index (κ3) is 4.24. The molecular formula is C15H20N4O2S. The zero-order valence-corrected chi connectivity index (χ0v) is 13.7. The zero-order chi connectivity index (χ0) is 16.1. The molecule has 0 aliphatic heterocycles. The molecule has 0 radical (unpaired) electrons. The number of hydrogen-bond acceptors (Lipinski definition) is 5. The van der Waals surface area contributed by atoms with Crippen LogP contribution in [0.5, 0.6) is 0 Å². The van der Waals surface area contributed by atoms with Crippen molar-refractivity contribution in [3.8, 4) is 0 Å². The van der Waals surface area contributed by atoms with Crippen LogP contribution in [0.1, 0.15) is 54.4 Å². The van der Waals surface area contributed by atoms with Crippen molar-refractivity contribution in [2.45, 2.75) is 39.7 Å². The van der Waals surface area contributed by atoms with Gasteiger partial charge in [-0.3, -0.25) is 4.79 Å². The molecule has 0 aliphatic carbocycles. The van der Waals surface area contributed by atoms with Crippen LogP contribution in [0.25, 0.3) is 0 Å². The van der Waals surface area contributed by atoms with E-state index in [-0.39, 0.29) is 17.6 Å². The first-order chi connectivity index (χ1) is 10.5. The maximum absolute atomic E-state index is 12.3. The molecule has 6 nitrogen and oxygen atoms in total. The molecule has 2 aromatic heterocycles. The predicted octanol–water partition coefficient (Wildman–Crippen LogP) is 2.31. The Morgan fingerprint density at radius 2 is 2.23 bits per heavy atom. The van der Waals surface area contributed by atoms with E-state index >= 15 is 0 Å². The molecule has 2 N–H and O–H groups in total.